The van der Waals surface area contributed by atoms with Crippen molar-refractivity contribution in [3.63, 3.8) is 0 Å². The molecule has 1 amide bonds. The molecule has 0 heterocycles. The highest BCUT2D eigenvalue weighted by molar-refractivity contribution is 7.93. The fourth-order valence-electron chi connectivity index (χ4n) is 2.55. The van der Waals surface area contributed by atoms with Gasteiger partial charge in [0.1, 0.15) is 6.61 Å². The zero-order valence-electron chi connectivity index (χ0n) is 17.9. The Morgan fingerprint density at radius 3 is 2.57 bits per heavy atom. The summed E-state index contributed by atoms with van der Waals surface area (Å²) in [5.74, 6) is -0.166. The highest BCUT2D eigenvalue weighted by Gasteiger charge is 2.06. The molecule has 1 unspecified atom stereocenters. The number of aliphatic hydroxyl groups is 1. The SMILES string of the molecule is CC(C)=CC(O)CC(C)=CCOc1ccc(CCNC(=O)C=CS(C)(=O)=O)cc1O. The molecule has 30 heavy (non-hydrogen) atoms. The molecule has 0 radical (unpaired) electrons. The summed E-state index contributed by atoms with van der Waals surface area (Å²) in [7, 11) is -3.34. The Labute approximate surface area is 178 Å². The van der Waals surface area contributed by atoms with Gasteiger partial charge in [-0.1, -0.05) is 23.3 Å². The van der Waals surface area contributed by atoms with Crippen LogP contribution in [0.15, 0.2) is 53.0 Å². The molecule has 166 valence electrons. The summed E-state index contributed by atoms with van der Waals surface area (Å²) < 4.78 is 27.5. The second-order valence-electron chi connectivity index (χ2n) is 7.35. The molecule has 3 N–H and O–H groups in total. The molecule has 1 rings (SSSR count). The lowest BCUT2D eigenvalue weighted by Gasteiger charge is -2.10. The normalized spacial score (nSPS) is 13.2. The molecule has 0 saturated heterocycles. The third-order valence-electron chi connectivity index (χ3n) is 3.93. The predicted molar refractivity (Wildman–Crippen MR) is 118 cm³/mol. The summed E-state index contributed by atoms with van der Waals surface area (Å²) in [6.07, 6.45) is 6.09. The van der Waals surface area contributed by atoms with Crippen LogP contribution in [-0.2, 0) is 21.1 Å². The van der Waals surface area contributed by atoms with E-state index in [4.69, 9.17) is 4.74 Å². The van der Waals surface area contributed by atoms with E-state index in [1.807, 2.05) is 26.8 Å². The first-order chi connectivity index (χ1) is 14.0. The largest absolute Gasteiger partial charge is 0.504 e. The fraction of sp³-hybridized carbons (Fsp3) is 0.409. The van der Waals surface area contributed by atoms with Crippen molar-refractivity contribution in [3.05, 3.63) is 58.5 Å². The molecule has 7 nitrogen and oxygen atoms in total. The fourth-order valence-corrected chi connectivity index (χ4v) is 2.92. The lowest BCUT2D eigenvalue weighted by molar-refractivity contribution is -0.116. The van der Waals surface area contributed by atoms with E-state index in [-0.39, 0.29) is 12.4 Å². The zero-order chi connectivity index (χ0) is 22.7. The number of sulfone groups is 1. The Balaban J connectivity index is 2.50. The number of hydrogen-bond acceptors (Lipinski definition) is 6. The summed E-state index contributed by atoms with van der Waals surface area (Å²) in [6.45, 7) is 6.34. The maximum absolute atomic E-state index is 11.5. The lowest BCUT2D eigenvalue weighted by Crippen LogP contribution is -2.23. The number of nitrogens with one attached hydrogen (secondary N) is 1. The maximum atomic E-state index is 11.5. The van der Waals surface area contributed by atoms with E-state index in [0.29, 0.717) is 25.1 Å². The number of rotatable bonds is 11. The van der Waals surface area contributed by atoms with E-state index in [1.54, 1.807) is 24.3 Å². The number of ether oxygens (including phenoxy) is 1. The number of aliphatic hydroxyl groups excluding tert-OH is 1. The highest BCUT2D eigenvalue weighted by Crippen LogP contribution is 2.27. The van der Waals surface area contributed by atoms with E-state index in [2.05, 4.69) is 5.32 Å². The molecule has 0 aliphatic carbocycles. The molecular weight excluding hydrogens is 406 g/mol. The van der Waals surface area contributed by atoms with Crippen molar-refractivity contribution in [3.8, 4) is 11.5 Å². The van der Waals surface area contributed by atoms with Gasteiger partial charge in [0, 0.05) is 24.3 Å². The van der Waals surface area contributed by atoms with Crippen molar-refractivity contribution in [2.75, 3.05) is 19.4 Å². The van der Waals surface area contributed by atoms with Crippen LogP contribution in [0.3, 0.4) is 0 Å². The van der Waals surface area contributed by atoms with Gasteiger partial charge in [-0.25, -0.2) is 8.42 Å². The molecule has 1 atom stereocenters. The Morgan fingerprint density at radius 2 is 1.97 bits per heavy atom. The van der Waals surface area contributed by atoms with Gasteiger partial charge in [0.2, 0.25) is 5.91 Å². The second-order valence-corrected chi connectivity index (χ2v) is 9.28. The van der Waals surface area contributed by atoms with Crippen molar-refractivity contribution in [1.82, 2.24) is 5.32 Å². The first-order valence-electron chi connectivity index (χ1n) is 9.55. The van der Waals surface area contributed by atoms with Gasteiger partial charge >= 0.3 is 0 Å². The minimum atomic E-state index is -3.34. The Kier molecular flexibility index (Phi) is 10.3. The van der Waals surface area contributed by atoms with Crippen molar-refractivity contribution >= 4 is 15.7 Å². The average Bonchev–Trinajstić information content (AvgIpc) is 2.60. The number of amides is 1. The van der Waals surface area contributed by atoms with E-state index in [0.717, 1.165) is 34.4 Å². The minimum Gasteiger partial charge on any atom is -0.504 e. The topological polar surface area (TPSA) is 113 Å². The number of carbonyl (C=O) groups is 1. The van der Waals surface area contributed by atoms with Gasteiger partial charge in [0.05, 0.1) is 6.10 Å². The van der Waals surface area contributed by atoms with Gasteiger partial charge in [-0.15, -0.1) is 0 Å². The van der Waals surface area contributed by atoms with Crippen LogP contribution in [-0.4, -0.2) is 50.0 Å². The Morgan fingerprint density at radius 1 is 1.27 bits per heavy atom. The molecule has 0 aromatic heterocycles. The summed E-state index contributed by atoms with van der Waals surface area (Å²) in [6, 6.07) is 4.99. The van der Waals surface area contributed by atoms with Crippen LogP contribution < -0.4 is 10.1 Å². The highest BCUT2D eigenvalue weighted by atomic mass is 32.2. The van der Waals surface area contributed by atoms with Crippen LogP contribution in [0.25, 0.3) is 0 Å². The van der Waals surface area contributed by atoms with Gasteiger partial charge in [-0.2, -0.15) is 0 Å². The molecule has 0 saturated carbocycles. The van der Waals surface area contributed by atoms with E-state index < -0.39 is 21.8 Å². The van der Waals surface area contributed by atoms with Crippen molar-refractivity contribution in [1.29, 1.82) is 0 Å². The number of carbonyl (C=O) groups excluding carboxylic acids is 1. The van der Waals surface area contributed by atoms with Gasteiger partial charge < -0.3 is 20.3 Å². The average molecular weight is 438 g/mol. The van der Waals surface area contributed by atoms with Crippen molar-refractivity contribution < 1.29 is 28.2 Å². The van der Waals surface area contributed by atoms with Crippen molar-refractivity contribution in [2.45, 2.75) is 39.7 Å². The number of phenols is 1. The molecule has 0 bridgehead atoms. The van der Waals surface area contributed by atoms with Crippen LogP contribution in [0.4, 0.5) is 0 Å². The molecular formula is C22H31NO6S. The van der Waals surface area contributed by atoms with Crippen LogP contribution in [0.5, 0.6) is 11.5 Å². The Hall–Kier alpha value is -2.58. The number of aromatic hydroxyl groups is 1. The third kappa shape index (κ3) is 11.4. The number of allylic oxidation sites excluding steroid dienone is 1. The monoisotopic (exact) mass is 437 g/mol. The molecule has 1 aromatic carbocycles. The molecule has 1 aromatic rings. The Bertz CT molecular complexity index is 912. The van der Waals surface area contributed by atoms with E-state index in [1.165, 1.54) is 0 Å². The third-order valence-corrected chi connectivity index (χ3v) is 4.56. The van der Waals surface area contributed by atoms with Crippen LogP contribution >= 0.6 is 0 Å². The molecule has 0 aliphatic heterocycles. The van der Waals surface area contributed by atoms with Gasteiger partial charge in [-0.05, 0) is 57.4 Å². The van der Waals surface area contributed by atoms with E-state index >= 15 is 0 Å². The first-order valence-corrected chi connectivity index (χ1v) is 11.5. The quantitative estimate of drug-likeness (QED) is 0.362. The first kappa shape index (κ1) is 25.5. The minimum absolute atomic E-state index is 0.00794. The standard InChI is InChI=1S/C22H31NO6S/c1-16(2)13-19(24)14-17(3)8-11-29-21-6-5-18(15-20(21)25)7-10-23-22(26)9-12-30(4,27)28/h5-6,8-9,12-13,15,19,24-25H,7,10-11,14H2,1-4H3,(H,23,26). The van der Waals surface area contributed by atoms with Crippen LogP contribution in [0.2, 0.25) is 0 Å². The molecule has 8 heteroatoms. The molecule has 0 aliphatic rings. The summed E-state index contributed by atoms with van der Waals surface area (Å²) >= 11 is 0. The summed E-state index contributed by atoms with van der Waals surface area (Å²) in [4.78, 5) is 11.5. The van der Waals surface area contributed by atoms with Gasteiger partial charge in [0.15, 0.2) is 21.3 Å². The molecule has 0 fully saturated rings. The van der Waals surface area contributed by atoms with Crippen LogP contribution in [0.1, 0.15) is 32.8 Å². The second kappa shape index (κ2) is 12.2. The summed E-state index contributed by atoms with van der Waals surface area (Å²) in [5.41, 5.74) is 2.84. The number of phenolic OH excluding ortho intramolecular Hbond substituents is 1. The van der Waals surface area contributed by atoms with Crippen molar-refractivity contribution in [2.24, 2.45) is 0 Å². The maximum Gasteiger partial charge on any atom is 0.244 e. The number of hydrogen-bond donors (Lipinski definition) is 3. The summed E-state index contributed by atoms with van der Waals surface area (Å²) in [5, 5.41) is 23.4. The van der Waals surface area contributed by atoms with Gasteiger partial charge in [0.25, 0.3) is 0 Å². The van der Waals surface area contributed by atoms with E-state index in [9.17, 15) is 23.4 Å². The number of benzene rings is 1. The lowest BCUT2D eigenvalue weighted by atomic mass is 10.1. The van der Waals surface area contributed by atoms with Crippen LogP contribution in [0, 0.1) is 0 Å². The zero-order valence-corrected chi connectivity index (χ0v) is 18.7. The smallest absolute Gasteiger partial charge is 0.244 e. The van der Waals surface area contributed by atoms with Gasteiger partial charge in [-0.3, -0.25) is 4.79 Å². The predicted octanol–water partition coefficient (Wildman–Crippen LogP) is 2.65. The molecule has 0 spiro atoms.